The number of nitrogens with zero attached hydrogens (tertiary/aromatic N) is 2. The first-order valence-corrected chi connectivity index (χ1v) is 10.1. The molecule has 1 aromatic carbocycles. The van der Waals surface area contributed by atoms with E-state index >= 15 is 0 Å². The summed E-state index contributed by atoms with van der Waals surface area (Å²) in [5.74, 6) is -4.29. The third kappa shape index (κ3) is 4.83. The van der Waals surface area contributed by atoms with Crippen molar-refractivity contribution in [2.24, 2.45) is 5.92 Å². The lowest BCUT2D eigenvalue weighted by molar-refractivity contribution is -0.152. The number of halogens is 1. The largest absolute Gasteiger partial charge is 0.480 e. The molecule has 2 heterocycles. The number of carboxylic acids is 1. The van der Waals surface area contributed by atoms with Gasteiger partial charge in [-0.15, -0.1) is 0 Å². The number of hydrogen-bond donors (Lipinski definition) is 3. The number of aliphatic hydroxyl groups excluding tert-OH is 1. The Morgan fingerprint density at radius 2 is 1.88 bits per heavy atom. The summed E-state index contributed by atoms with van der Waals surface area (Å²) in [5.41, 5.74) is -0.440. The standard InChI is InChI=1S/C15H13FN2O5.C6H13NO2/c16-9-3-1-2-8-12(9)15(23)18(13(8)21)10-4-5-11(20)17(6-7-19)14(10)22;1-4(2)5(7-3)6(8)9/h1-3,10,19H,4-7H2;4-5,7H,1-3H3,(H,8,9)/t;5-/m.0/s1. The number of β-amino-alcohol motifs (C(OH)–C–C–N with tert-alkyl or cyclic N) is 1. The number of aliphatic carboxylic acids is 1. The number of likely N-dealkylation sites (N-methyl/N-ethyl adjacent to an activating group) is 1. The number of nitrogens with one attached hydrogen (secondary N) is 1. The van der Waals surface area contributed by atoms with Crippen molar-refractivity contribution >= 4 is 29.6 Å². The van der Waals surface area contributed by atoms with Crippen molar-refractivity contribution < 1.29 is 38.6 Å². The molecule has 1 fully saturated rings. The third-order valence-corrected chi connectivity index (χ3v) is 5.26. The number of hydrogen-bond acceptors (Lipinski definition) is 7. The van der Waals surface area contributed by atoms with Crippen molar-refractivity contribution in [3.63, 3.8) is 0 Å². The number of benzene rings is 1. The first kappa shape index (κ1) is 25.1. The predicted molar refractivity (Wildman–Crippen MR) is 109 cm³/mol. The lowest BCUT2D eigenvalue weighted by Gasteiger charge is -2.34. The molecule has 10 nitrogen and oxygen atoms in total. The van der Waals surface area contributed by atoms with Crippen LogP contribution in [0.25, 0.3) is 0 Å². The highest BCUT2D eigenvalue weighted by atomic mass is 19.1. The van der Waals surface area contributed by atoms with Crippen LogP contribution >= 0.6 is 0 Å². The van der Waals surface area contributed by atoms with Crippen LogP contribution in [0.1, 0.15) is 47.4 Å². The van der Waals surface area contributed by atoms with Crippen LogP contribution in [0.15, 0.2) is 18.2 Å². The molecule has 2 atom stereocenters. The minimum absolute atomic E-state index is 0.00726. The zero-order valence-electron chi connectivity index (χ0n) is 18.0. The summed E-state index contributed by atoms with van der Waals surface area (Å²) < 4.78 is 13.8. The van der Waals surface area contributed by atoms with Gasteiger partial charge in [0.1, 0.15) is 17.9 Å². The Labute approximate surface area is 184 Å². The van der Waals surface area contributed by atoms with Crippen LogP contribution in [0.4, 0.5) is 4.39 Å². The quantitative estimate of drug-likeness (QED) is 0.522. The van der Waals surface area contributed by atoms with Crippen LogP contribution in [0.2, 0.25) is 0 Å². The van der Waals surface area contributed by atoms with Gasteiger partial charge in [-0.05, 0) is 31.5 Å². The third-order valence-electron chi connectivity index (χ3n) is 5.26. The molecule has 0 bridgehead atoms. The van der Waals surface area contributed by atoms with Crippen LogP contribution in [0, 0.1) is 11.7 Å². The summed E-state index contributed by atoms with van der Waals surface area (Å²) in [4.78, 5) is 60.7. The number of imide groups is 2. The van der Waals surface area contributed by atoms with Gasteiger partial charge in [-0.3, -0.25) is 33.8 Å². The van der Waals surface area contributed by atoms with Crippen molar-refractivity contribution in [3.05, 3.63) is 35.1 Å². The van der Waals surface area contributed by atoms with Gasteiger partial charge < -0.3 is 15.5 Å². The van der Waals surface area contributed by atoms with E-state index in [0.717, 1.165) is 11.0 Å². The number of rotatable bonds is 6. The first-order chi connectivity index (χ1) is 15.1. The summed E-state index contributed by atoms with van der Waals surface area (Å²) in [6, 6.07) is 2.13. The predicted octanol–water partition coefficient (Wildman–Crippen LogP) is 0.247. The van der Waals surface area contributed by atoms with Gasteiger partial charge in [0, 0.05) is 6.42 Å². The highest BCUT2D eigenvalue weighted by Crippen LogP contribution is 2.30. The number of aliphatic hydroxyl groups is 1. The van der Waals surface area contributed by atoms with E-state index in [-0.39, 0.29) is 36.4 Å². The number of carboxylic acid groups (broad SMARTS) is 1. The van der Waals surface area contributed by atoms with Crippen molar-refractivity contribution in [3.8, 4) is 0 Å². The monoisotopic (exact) mass is 451 g/mol. The molecule has 174 valence electrons. The Bertz CT molecular complexity index is 934. The SMILES string of the molecule is CN[C@H](C(=O)O)C(C)C.O=C1CCC(N2C(=O)c3cccc(F)c3C2=O)C(=O)N1CCO. The van der Waals surface area contributed by atoms with Gasteiger partial charge in [-0.1, -0.05) is 19.9 Å². The zero-order chi connectivity index (χ0) is 24.2. The maximum Gasteiger partial charge on any atom is 0.320 e. The summed E-state index contributed by atoms with van der Waals surface area (Å²) in [5, 5.41) is 20.1. The fourth-order valence-corrected chi connectivity index (χ4v) is 3.68. The molecule has 32 heavy (non-hydrogen) atoms. The molecule has 1 aromatic rings. The Hall–Kier alpha value is -3.18. The second kappa shape index (κ2) is 10.4. The zero-order valence-corrected chi connectivity index (χ0v) is 18.0. The molecule has 0 radical (unpaired) electrons. The van der Waals surface area contributed by atoms with Crippen LogP contribution in [0.3, 0.4) is 0 Å². The van der Waals surface area contributed by atoms with Crippen molar-refractivity contribution in [1.29, 1.82) is 0 Å². The molecule has 0 saturated carbocycles. The van der Waals surface area contributed by atoms with E-state index in [1.165, 1.54) is 12.1 Å². The number of carbonyl (C=O) groups excluding carboxylic acids is 4. The minimum atomic E-state index is -1.16. The van der Waals surface area contributed by atoms with Crippen LogP contribution in [-0.2, 0) is 14.4 Å². The van der Waals surface area contributed by atoms with E-state index < -0.39 is 54.1 Å². The highest BCUT2D eigenvalue weighted by molar-refractivity contribution is 6.23. The number of likely N-dealkylation sites (tertiary alicyclic amines) is 1. The molecule has 4 amide bonds. The Morgan fingerprint density at radius 3 is 2.34 bits per heavy atom. The second-order valence-electron chi connectivity index (χ2n) is 7.65. The Kier molecular flexibility index (Phi) is 8.17. The Balaban J connectivity index is 0.000000344. The van der Waals surface area contributed by atoms with Gasteiger partial charge in [0.2, 0.25) is 5.91 Å². The summed E-state index contributed by atoms with van der Waals surface area (Å²) >= 11 is 0. The maximum atomic E-state index is 13.8. The number of fused-ring (bicyclic) bond motifs is 1. The van der Waals surface area contributed by atoms with E-state index in [9.17, 15) is 28.4 Å². The number of piperidine rings is 1. The van der Waals surface area contributed by atoms with E-state index in [1.807, 2.05) is 13.8 Å². The van der Waals surface area contributed by atoms with E-state index in [4.69, 9.17) is 10.2 Å². The molecule has 0 aliphatic carbocycles. The maximum absolute atomic E-state index is 13.8. The lowest BCUT2D eigenvalue weighted by Crippen LogP contribution is -2.56. The van der Waals surface area contributed by atoms with E-state index in [1.54, 1.807) is 7.05 Å². The van der Waals surface area contributed by atoms with E-state index in [0.29, 0.717) is 4.90 Å². The van der Waals surface area contributed by atoms with E-state index in [2.05, 4.69) is 5.32 Å². The van der Waals surface area contributed by atoms with Crippen molar-refractivity contribution in [2.75, 3.05) is 20.2 Å². The van der Waals surface area contributed by atoms with Gasteiger partial charge in [-0.2, -0.15) is 0 Å². The molecule has 3 N–H and O–H groups in total. The second-order valence-corrected chi connectivity index (χ2v) is 7.65. The molecule has 0 aromatic heterocycles. The van der Waals surface area contributed by atoms with Gasteiger partial charge in [-0.25, -0.2) is 4.39 Å². The number of amides is 4. The average molecular weight is 451 g/mol. The average Bonchev–Trinajstić information content (AvgIpc) is 2.97. The van der Waals surface area contributed by atoms with Gasteiger partial charge in [0.05, 0.1) is 24.3 Å². The molecule has 0 spiro atoms. The van der Waals surface area contributed by atoms with Gasteiger partial charge in [0.15, 0.2) is 0 Å². The van der Waals surface area contributed by atoms with Crippen LogP contribution in [-0.4, -0.2) is 81.9 Å². The van der Waals surface area contributed by atoms with Gasteiger partial charge >= 0.3 is 5.97 Å². The molecule has 2 aliphatic rings. The lowest BCUT2D eigenvalue weighted by atomic mass is 10.0. The molecule has 11 heteroatoms. The van der Waals surface area contributed by atoms with Crippen molar-refractivity contribution in [2.45, 2.75) is 38.8 Å². The van der Waals surface area contributed by atoms with Gasteiger partial charge in [0.25, 0.3) is 17.7 Å². The first-order valence-electron chi connectivity index (χ1n) is 10.1. The normalized spacial score (nSPS) is 19.1. The van der Waals surface area contributed by atoms with Crippen LogP contribution in [0.5, 0.6) is 0 Å². The highest BCUT2D eigenvalue weighted by Gasteiger charge is 2.47. The summed E-state index contributed by atoms with van der Waals surface area (Å²) in [7, 11) is 1.65. The smallest absolute Gasteiger partial charge is 0.320 e. The molecule has 2 aliphatic heterocycles. The molecule has 1 unspecified atom stereocenters. The summed E-state index contributed by atoms with van der Waals surface area (Å²) in [6.07, 6.45) is -0.0427. The number of carbonyl (C=O) groups is 5. The molecule has 3 rings (SSSR count). The fourth-order valence-electron chi connectivity index (χ4n) is 3.68. The molecular weight excluding hydrogens is 425 g/mol. The molecular formula is C21H26FN3O7. The fraction of sp³-hybridized carbons (Fsp3) is 0.476. The topological polar surface area (TPSA) is 144 Å². The molecule has 1 saturated heterocycles. The minimum Gasteiger partial charge on any atom is -0.480 e. The van der Waals surface area contributed by atoms with Crippen LogP contribution < -0.4 is 5.32 Å². The van der Waals surface area contributed by atoms with Crippen molar-refractivity contribution in [1.82, 2.24) is 15.1 Å². The summed E-state index contributed by atoms with van der Waals surface area (Å²) in [6.45, 7) is 3.12. The Morgan fingerprint density at radius 1 is 1.22 bits per heavy atom.